The smallest absolute Gasteiger partial charge is 0.269 e. The Morgan fingerprint density at radius 2 is 1.89 bits per heavy atom. The molecule has 0 aromatic heterocycles. The lowest BCUT2D eigenvalue weighted by Crippen LogP contribution is -2.04. The molecule has 0 aliphatic heterocycles. The molecule has 4 nitrogen and oxygen atoms in total. The van der Waals surface area contributed by atoms with Crippen molar-refractivity contribution in [3.63, 3.8) is 0 Å². The van der Waals surface area contributed by atoms with Crippen molar-refractivity contribution in [2.24, 2.45) is 0 Å². The summed E-state index contributed by atoms with van der Waals surface area (Å²) in [6.45, 7) is 0. The Kier molecular flexibility index (Phi) is 3.87. The van der Waals surface area contributed by atoms with Gasteiger partial charge in [-0.1, -0.05) is 30.3 Å². The number of hydrogen-bond donors (Lipinski definition) is 1. The molecule has 98 valence electrons. The fraction of sp³-hybridized carbons (Fsp3) is 0.143. The maximum absolute atomic E-state index is 13.6. The molecular formula is C14H12FNO3. The Morgan fingerprint density at radius 1 is 1.21 bits per heavy atom. The minimum atomic E-state index is -0.891. The van der Waals surface area contributed by atoms with Crippen LogP contribution in [0.25, 0.3) is 0 Å². The molecule has 0 saturated heterocycles. The Labute approximate surface area is 109 Å². The second-order valence-electron chi connectivity index (χ2n) is 4.16. The number of halogens is 1. The average Bonchev–Trinajstić information content (AvgIpc) is 2.42. The second-order valence-corrected chi connectivity index (χ2v) is 4.16. The van der Waals surface area contributed by atoms with Gasteiger partial charge in [0.25, 0.3) is 5.69 Å². The summed E-state index contributed by atoms with van der Waals surface area (Å²) in [7, 11) is 0. The van der Waals surface area contributed by atoms with E-state index in [1.54, 1.807) is 24.3 Å². The summed E-state index contributed by atoms with van der Waals surface area (Å²) in [5, 5.41) is 20.6. The largest absolute Gasteiger partial charge is 0.388 e. The molecule has 0 fully saturated rings. The number of nitro benzene ring substituents is 1. The third kappa shape index (κ3) is 3.14. The standard InChI is InChI=1S/C14H12FNO3/c15-13-7-6-12(16(18)19)8-11(13)9-14(17)10-4-2-1-3-5-10/h1-8,14,17H,9H2. The van der Waals surface area contributed by atoms with Crippen LogP contribution in [-0.4, -0.2) is 10.0 Å². The van der Waals surface area contributed by atoms with Crippen LogP contribution in [0.5, 0.6) is 0 Å². The van der Waals surface area contributed by atoms with Crippen molar-refractivity contribution in [1.29, 1.82) is 0 Å². The molecule has 0 spiro atoms. The van der Waals surface area contributed by atoms with Gasteiger partial charge in [-0.15, -0.1) is 0 Å². The molecule has 1 N–H and O–H groups in total. The molecule has 0 bridgehead atoms. The van der Waals surface area contributed by atoms with Crippen LogP contribution in [0.2, 0.25) is 0 Å². The van der Waals surface area contributed by atoms with E-state index in [2.05, 4.69) is 0 Å². The lowest BCUT2D eigenvalue weighted by Gasteiger charge is -2.11. The monoisotopic (exact) mass is 261 g/mol. The summed E-state index contributed by atoms with van der Waals surface area (Å²) in [5.41, 5.74) is 0.593. The predicted octanol–water partition coefficient (Wildman–Crippen LogP) is 3.01. The minimum absolute atomic E-state index is 0.00245. The van der Waals surface area contributed by atoms with Crippen molar-refractivity contribution >= 4 is 5.69 Å². The molecule has 2 aromatic rings. The summed E-state index contributed by atoms with van der Waals surface area (Å²) in [4.78, 5) is 10.1. The number of nitro groups is 1. The van der Waals surface area contributed by atoms with Crippen molar-refractivity contribution in [1.82, 2.24) is 0 Å². The van der Waals surface area contributed by atoms with E-state index in [4.69, 9.17) is 0 Å². The highest BCUT2D eigenvalue weighted by atomic mass is 19.1. The van der Waals surface area contributed by atoms with Crippen LogP contribution in [0.1, 0.15) is 17.2 Å². The van der Waals surface area contributed by atoms with Gasteiger partial charge in [0.05, 0.1) is 11.0 Å². The van der Waals surface area contributed by atoms with Crippen LogP contribution < -0.4 is 0 Å². The second kappa shape index (κ2) is 5.58. The van der Waals surface area contributed by atoms with Gasteiger partial charge in [-0.05, 0) is 17.2 Å². The molecular weight excluding hydrogens is 249 g/mol. The molecule has 1 atom stereocenters. The van der Waals surface area contributed by atoms with Crippen LogP contribution in [-0.2, 0) is 6.42 Å². The fourth-order valence-corrected chi connectivity index (χ4v) is 1.83. The van der Waals surface area contributed by atoms with E-state index in [9.17, 15) is 19.6 Å². The third-order valence-electron chi connectivity index (χ3n) is 2.84. The summed E-state index contributed by atoms with van der Waals surface area (Å²) in [6.07, 6.45) is -0.893. The number of aliphatic hydroxyl groups excluding tert-OH is 1. The molecule has 0 aliphatic carbocycles. The van der Waals surface area contributed by atoms with Crippen molar-refractivity contribution < 1.29 is 14.4 Å². The van der Waals surface area contributed by atoms with E-state index in [1.807, 2.05) is 6.07 Å². The van der Waals surface area contributed by atoms with Gasteiger partial charge in [-0.3, -0.25) is 10.1 Å². The highest BCUT2D eigenvalue weighted by molar-refractivity contribution is 5.36. The SMILES string of the molecule is O=[N+]([O-])c1ccc(F)c(CC(O)c2ccccc2)c1. The van der Waals surface area contributed by atoms with Gasteiger partial charge in [0.15, 0.2) is 0 Å². The summed E-state index contributed by atoms with van der Waals surface area (Å²) < 4.78 is 13.6. The van der Waals surface area contributed by atoms with E-state index in [0.29, 0.717) is 5.56 Å². The van der Waals surface area contributed by atoms with Crippen molar-refractivity contribution in [2.75, 3.05) is 0 Å². The maximum atomic E-state index is 13.6. The molecule has 5 heteroatoms. The lowest BCUT2D eigenvalue weighted by molar-refractivity contribution is -0.385. The molecule has 1 unspecified atom stereocenters. The number of nitrogens with zero attached hydrogens (tertiary/aromatic N) is 1. The van der Waals surface area contributed by atoms with Crippen LogP contribution >= 0.6 is 0 Å². The van der Waals surface area contributed by atoms with Crippen molar-refractivity contribution in [3.05, 3.63) is 75.6 Å². The normalized spacial score (nSPS) is 12.1. The number of aliphatic hydroxyl groups is 1. The quantitative estimate of drug-likeness (QED) is 0.679. The zero-order chi connectivity index (χ0) is 13.8. The first-order valence-electron chi connectivity index (χ1n) is 5.74. The summed E-state index contributed by atoms with van der Waals surface area (Å²) in [5.74, 6) is -0.555. The van der Waals surface area contributed by atoms with E-state index < -0.39 is 16.8 Å². The van der Waals surface area contributed by atoms with Crippen molar-refractivity contribution in [2.45, 2.75) is 12.5 Å². The Morgan fingerprint density at radius 3 is 2.53 bits per heavy atom. The molecule has 0 saturated carbocycles. The first-order chi connectivity index (χ1) is 9.08. The molecule has 0 aliphatic rings. The van der Waals surface area contributed by atoms with Crippen molar-refractivity contribution in [3.8, 4) is 0 Å². The van der Waals surface area contributed by atoms with E-state index in [1.165, 1.54) is 0 Å². The van der Waals surface area contributed by atoms with E-state index in [0.717, 1.165) is 18.2 Å². The first-order valence-corrected chi connectivity index (χ1v) is 5.74. The predicted molar refractivity (Wildman–Crippen MR) is 68.2 cm³/mol. The molecule has 0 radical (unpaired) electrons. The topological polar surface area (TPSA) is 63.4 Å². The molecule has 2 rings (SSSR count). The number of rotatable bonds is 4. The summed E-state index contributed by atoms with van der Waals surface area (Å²) in [6, 6.07) is 12.1. The van der Waals surface area contributed by atoms with Gasteiger partial charge in [0.1, 0.15) is 5.82 Å². The summed E-state index contributed by atoms with van der Waals surface area (Å²) >= 11 is 0. The van der Waals surface area contributed by atoms with Gasteiger partial charge >= 0.3 is 0 Å². The number of hydrogen-bond acceptors (Lipinski definition) is 3. The van der Waals surface area contributed by atoms with Gasteiger partial charge in [0, 0.05) is 18.6 Å². The molecule has 2 aromatic carbocycles. The highest BCUT2D eigenvalue weighted by Crippen LogP contribution is 2.23. The zero-order valence-corrected chi connectivity index (χ0v) is 9.99. The van der Waals surface area contributed by atoms with Crippen LogP contribution in [0.4, 0.5) is 10.1 Å². The van der Waals surface area contributed by atoms with Gasteiger partial charge in [0.2, 0.25) is 0 Å². The van der Waals surface area contributed by atoms with E-state index in [-0.39, 0.29) is 17.7 Å². The van der Waals surface area contributed by atoms with Gasteiger partial charge < -0.3 is 5.11 Å². The molecule has 19 heavy (non-hydrogen) atoms. The lowest BCUT2D eigenvalue weighted by atomic mass is 10.0. The Bertz CT molecular complexity index is 586. The zero-order valence-electron chi connectivity index (χ0n) is 9.99. The molecule has 0 amide bonds. The highest BCUT2D eigenvalue weighted by Gasteiger charge is 2.15. The molecule has 0 heterocycles. The number of non-ortho nitro benzene ring substituents is 1. The van der Waals surface area contributed by atoms with Gasteiger partial charge in [-0.25, -0.2) is 4.39 Å². The Hall–Kier alpha value is -2.27. The minimum Gasteiger partial charge on any atom is -0.388 e. The average molecular weight is 261 g/mol. The van der Waals surface area contributed by atoms with Gasteiger partial charge in [-0.2, -0.15) is 0 Å². The van der Waals surface area contributed by atoms with Crippen LogP contribution in [0.15, 0.2) is 48.5 Å². The first kappa shape index (κ1) is 13.2. The van der Waals surface area contributed by atoms with E-state index >= 15 is 0 Å². The van der Waals surface area contributed by atoms with Crippen LogP contribution in [0, 0.1) is 15.9 Å². The maximum Gasteiger partial charge on any atom is 0.269 e. The van der Waals surface area contributed by atoms with Crippen LogP contribution in [0.3, 0.4) is 0 Å². The number of benzene rings is 2. The third-order valence-corrected chi connectivity index (χ3v) is 2.84. The fourth-order valence-electron chi connectivity index (χ4n) is 1.83. The Balaban J connectivity index is 2.23.